The highest BCUT2D eigenvalue weighted by atomic mass is 16.5. The molecule has 3 aromatic rings. The number of ether oxygens (including phenoxy) is 2. The van der Waals surface area contributed by atoms with Crippen LogP contribution in [0.2, 0.25) is 0 Å². The van der Waals surface area contributed by atoms with Crippen molar-refractivity contribution in [2.24, 2.45) is 0 Å². The third-order valence-electron chi connectivity index (χ3n) is 3.91. The Hall–Kier alpha value is -3.07. The fraction of sp³-hybridized carbons (Fsp3) is 0.0952. The molecule has 3 aromatic carbocycles. The Morgan fingerprint density at radius 1 is 0.750 bits per heavy atom. The van der Waals surface area contributed by atoms with E-state index >= 15 is 0 Å². The van der Waals surface area contributed by atoms with Crippen LogP contribution in [0.4, 0.5) is 0 Å². The number of hydrogen-bond donors (Lipinski definition) is 0. The van der Waals surface area contributed by atoms with Crippen LogP contribution in [0.25, 0.3) is 11.1 Å². The minimum Gasteiger partial charge on any atom is -0.497 e. The van der Waals surface area contributed by atoms with Crippen molar-refractivity contribution in [3.8, 4) is 22.6 Å². The lowest BCUT2D eigenvalue weighted by Gasteiger charge is -2.10. The summed E-state index contributed by atoms with van der Waals surface area (Å²) in [4.78, 5) is 12.8. The van der Waals surface area contributed by atoms with Gasteiger partial charge in [-0.2, -0.15) is 0 Å². The molecule has 0 saturated carbocycles. The molecule has 3 heteroatoms. The fourth-order valence-corrected chi connectivity index (χ4v) is 2.59. The number of methoxy groups -OCH3 is 2. The lowest BCUT2D eigenvalue weighted by atomic mass is 9.99. The summed E-state index contributed by atoms with van der Waals surface area (Å²) in [7, 11) is 3.13. The van der Waals surface area contributed by atoms with Gasteiger partial charge in [0, 0.05) is 5.56 Å². The monoisotopic (exact) mass is 318 g/mol. The first kappa shape index (κ1) is 15.8. The smallest absolute Gasteiger partial charge is 0.196 e. The summed E-state index contributed by atoms with van der Waals surface area (Å²) in [6, 6.07) is 22.9. The van der Waals surface area contributed by atoms with Crippen molar-refractivity contribution in [2.75, 3.05) is 14.2 Å². The van der Waals surface area contributed by atoms with E-state index in [0.717, 1.165) is 11.1 Å². The molecule has 0 aliphatic heterocycles. The van der Waals surface area contributed by atoms with Gasteiger partial charge in [-0.3, -0.25) is 4.79 Å². The van der Waals surface area contributed by atoms with Gasteiger partial charge in [0.2, 0.25) is 0 Å². The van der Waals surface area contributed by atoms with Gasteiger partial charge in [0.15, 0.2) is 5.78 Å². The van der Waals surface area contributed by atoms with Crippen molar-refractivity contribution in [1.29, 1.82) is 0 Å². The summed E-state index contributed by atoms with van der Waals surface area (Å²) in [5.41, 5.74) is 3.30. The minimum absolute atomic E-state index is 0.0923. The van der Waals surface area contributed by atoms with Gasteiger partial charge in [0.1, 0.15) is 11.5 Å². The molecule has 0 unspecified atom stereocenters. The summed E-state index contributed by atoms with van der Waals surface area (Å²) in [6.07, 6.45) is 0. The first-order valence-corrected chi connectivity index (χ1v) is 7.65. The van der Waals surface area contributed by atoms with Crippen molar-refractivity contribution in [1.82, 2.24) is 0 Å². The van der Waals surface area contributed by atoms with Crippen LogP contribution in [0.1, 0.15) is 15.9 Å². The fourth-order valence-electron chi connectivity index (χ4n) is 2.59. The largest absolute Gasteiger partial charge is 0.497 e. The van der Waals surface area contributed by atoms with E-state index < -0.39 is 0 Å². The summed E-state index contributed by atoms with van der Waals surface area (Å²) in [5, 5.41) is 0. The molecule has 0 saturated heterocycles. The van der Waals surface area contributed by atoms with E-state index in [9.17, 15) is 4.79 Å². The topological polar surface area (TPSA) is 35.5 Å². The zero-order valence-electron chi connectivity index (χ0n) is 13.7. The van der Waals surface area contributed by atoms with Crippen LogP contribution in [-0.2, 0) is 0 Å². The van der Waals surface area contributed by atoms with Gasteiger partial charge in [-0.05, 0) is 29.3 Å². The highest BCUT2D eigenvalue weighted by Gasteiger charge is 2.15. The minimum atomic E-state index is -0.0923. The first-order valence-electron chi connectivity index (χ1n) is 7.65. The molecule has 3 nitrogen and oxygen atoms in total. The molecule has 0 heterocycles. The highest BCUT2D eigenvalue weighted by Crippen LogP contribution is 2.27. The van der Waals surface area contributed by atoms with Crippen LogP contribution in [0.15, 0.2) is 72.8 Å². The lowest BCUT2D eigenvalue weighted by Crippen LogP contribution is -2.04. The molecule has 0 amide bonds. The zero-order valence-corrected chi connectivity index (χ0v) is 13.7. The molecular formula is C21H18O3. The summed E-state index contributed by atoms with van der Waals surface area (Å²) >= 11 is 0. The molecule has 0 bridgehead atoms. The molecule has 0 radical (unpaired) electrons. The van der Waals surface area contributed by atoms with Crippen molar-refractivity contribution < 1.29 is 14.3 Å². The van der Waals surface area contributed by atoms with Gasteiger partial charge < -0.3 is 9.47 Å². The Labute approximate surface area is 141 Å². The van der Waals surface area contributed by atoms with Crippen molar-refractivity contribution in [2.45, 2.75) is 0 Å². The summed E-state index contributed by atoms with van der Waals surface area (Å²) < 4.78 is 10.5. The molecule has 3 rings (SSSR count). The maximum atomic E-state index is 12.8. The van der Waals surface area contributed by atoms with Crippen molar-refractivity contribution in [3.05, 3.63) is 83.9 Å². The lowest BCUT2D eigenvalue weighted by molar-refractivity contribution is 0.103. The average Bonchev–Trinajstić information content (AvgIpc) is 2.67. The molecule has 0 aliphatic rings. The predicted molar refractivity (Wildman–Crippen MR) is 94.9 cm³/mol. The van der Waals surface area contributed by atoms with Crippen molar-refractivity contribution in [3.63, 3.8) is 0 Å². The van der Waals surface area contributed by atoms with E-state index in [2.05, 4.69) is 0 Å². The van der Waals surface area contributed by atoms with Gasteiger partial charge >= 0.3 is 0 Å². The van der Waals surface area contributed by atoms with Gasteiger partial charge in [-0.15, -0.1) is 0 Å². The normalized spacial score (nSPS) is 10.2. The zero-order chi connectivity index (χ0) is 16.9. The molecule has 0 spiro atoms. The van der Waals surface area contributed by atoms with Gasteiger partial charge in [0.05, 0.1) is 19.8 Å². The van der Waals surface area contributed by atoms with Crippen LogP contribution >= 0.6 is 0 Å². The Morgan fingerprint density at radius 2 is 1.42 bits per heavy atom. The summed E-state index contributed by atoms with van der Waals surface area (Å²) in [5.74, 6) is 1.07. The van der Waals surface area contributed by atoms with E-state index in [1.165, 1.54) is 0 Å². The molecule has 0 fully saturated rings. The quantitative estimate of drug-likeness (QED) is 0.645. The maximum Gasteiger partial charge on any atom is 0.196 e. The molecule has 120 valence electrons. The Balaban J connectivity index is 1.93. The van der Waals surface area contributed by atoms with E-state index in [0.29, 0.717) is 22.6 Å². The van der Waals surface area contributed by atoms with Crippen LogP contribution in [0.5, 0.6) is 11.5 Å². The van der Waals surface area contributed by atoms with Crippen LogP contribution in [-0.4, -0.2) is 20.0 Å². The van der Waals surface area contributed by atoms with Crippen LogP contribution in [0.3, 0.4) is 0 Å². The van der Waals surface area contributed by atoms with E-state index in [4.69, 9.17) is 9.47 Å². The molecule has 0 aliphatic carbocycles. The van der Waals surface area contributed by atoms with E-state index in [1.54, 1.807) is 32.4 Å². The second-order valence-corrected chi connectivity index (χ2v) is 5.34. The first-order chi connectivity index (χ1) is 11.7. The Bertz CT molecular complexity index is 837. The van der Waals surface area contributed by atoms with Crippen molar-refractivity contribution >= 4 is 5.78 Å². The summed E-state index contributed by atoms with van der Waals surface area (Å²) in [6.45, 7) is 0. The Kier molecular flexibility index (Phi) is 4.62. The second kappa shape index (κ2) is 7.01. The number of carbonyl (C=O) groups excluding carboxylic acids is 1. The average molecular weight is 318 g/mol. The second-order valence-electron chi connectivity index (χ2n) is 5.34. The van der Waals surface area contributed by atoms with Crippen LogP contribution in [0, 0.1) is 0 Å². The van der Waals surface area contributed by atoms with Gasteiger partial charge in [-0.25, -0.2) is 0 Å². The maximum absolute atomic E-state index is 12.8. The number of carbonyl (C=O) groups is 1. The number of hydrogen-bond acceptors (Lipinski definition) is 3. The highest BCUT2D eigenvalue weighted by molar-refractivity contribution is 6.11. The molecule has 0 aromatic heterocycles. The molecule has 0 N–H and O–H groups in total. The van der Waals surface area contributed by atoms with Gasteiger partial charge in [0.25, 0.3) is 0 Å². The number of benzene rings is 3. The van der Waals surface area contributed by atoms with E-state index in [1.807, 2.05) is 54.6 Å². The van der Waals surface area contributed by atoms with Crippen LogP contribution < -0.4 is 9.47 Å². The number of ketones is 1. The molecular weight excluding hydrogens is 300 g/mol. The van der Waals surface area contributed by atoms with E-state index in [-0.39, 0.29) is 5.78 Å². The predicted octanol–water partition coefficient (Wildman–Crippen LogP) is 4.60. The third kappa shape index (κ3) is 3.15. The third-order valence-corrected chi connectivity index (χ3v) is 3.91. The molecule has 24 heavy (non-hydrogen) atoms. The number of rotatable bonds is 5. The Morgan fingerprint density at radius 3 is 2.04 bits per heavy atom. The SMILES string of the molecule is COc1ccc(OC)c(C(=O)c2ccc(-c3ccccc3)cc2)c1. The standard InChI is InChI=1S/C21H18O3/c1-23-18-12-13-20(24-2)19(14-18)21(22)17-10-8-16(9-11-17)15-6-4-3-5-7-15/h3-14H,1-2H3. The van der Waals surface area contributed by atoms with Gasteiger partial charge in [-0.1, -0.05) is 54.6 Å². The molecule has 0 atom stereocenters.